The van der Waals surface area contributed by atoms with Crippen LogP contribution in [-0.4, -0.2) is 24.2 Å². The first-order valence-corrected chi connectivity index (χ1v) is 5.22. The Morgan fingerprint density at radius 2 is 2.12 bits per heavy atom. The van der Waals surface area contributed by atoms with Crippen molar-refractivity contribution in [3.63, 3.8) is 0 Å². The molecule has 96 valence electrons. The lowest BCUT2D eigenvalue weighted by atomic mass is 10.0. The van der Waals surface area contributed by atoms with Crippen molar-refractivity contribution in [1.82, 2.24) is 0 Å². The van der Waals surface area contributed by atoms with Crippen LogP contribution in [0.5, 0.6) is 5.75 Å². The second-order valence-electron chi connectivity index (χ2n) is 3.71. The van der Waals surface area contributed by atoms with Crippen LogP contribution in [0.1, 0.15) is 18.4 Å². The van der Waals surface area contributed by atoms with E-state index in [9.17, 15) is 4.79 Å². The summed E-state index contributed by atoms with van der Waals surface area (Å²) in [7, 11) is 1.62. The van der Waals surface area contributed by atoms with Gasteiger partial charge in [-0.05, 0) is 24.5 Å². The number of carboxylic acids is 1. The van der Waals surface area contributed by atoms with Crippen LogP contribution in [0, 0.1) is 0 Å². The number of rotatable bonds is 6. The fourth-order valence-corrected chi connectivity index (χ4v) is 1.58. The maximum atomic E-state index is 10.4. The summed E-state index contributed by atoms with van der Waals surface area (Å²) in [6.07, 6.45) is 1.39. The third-order valence-corrected chi connectivity index (χ3v) is 2.41. The molecule has 1 rings (SSSR count). The van der Waals surface area contributed by atoms with Crippen molar-refractivity contribution in [3.8, 4) is 5.75 Å². The Morgan fingerprint density at radius 1 is 1.47 bits per heavy atom. The summed E-state index contributed by atoms with van der Waals surface area (Å²) in [6.45, 7) is 0. The minimum absolute atomic E-state index is 0. The molecule has 3 N–H and O–H groups in total. The van der Waals surface area contributed by atoms with Crippen molar-refractivity contribution < 1.29 is 14.6 Å². The second kappa shape index (κ2) is 7.92. The van der Waals surface area contributed by atoms with Crippen LogP contribution in [-0.2, 0) is 11.2 Å². The van der Waals surface area contributed by atoms with E-state index in [4.69, 9.17) is 15.6 Å². The van der Waals surface area contributed by atoms with Gasteiger partial charge in [-0.25, -0.2) is 0 Å². The van der Waals surface area contributed by atoms with Crippen LogP contribution >= 0.6 is 12.4 Å². The Morgan fingerprint density at radius 3 is 2.71 bits per heavy atom. The third kappa shape index (κ3) is 5.56. The zero-order chi connectivity index (χ0) is 12.0. The van der Waals surface area contributed by atoms with Crippen LogP contribution in [0.2, 0.25) is 0 Å². The normalized spacial score (nSPS) is 11.4. The molecular weight excluding hydrogens is 242 g/mol. The SMILES string of the molecule is COc1ccccc1CCC(N)CC(=O)O.Cl. The molecule has 1 aromatic rings. The van der Waals surface area contributed by atoms with Crippen LogP contribution < -0.4 is 10.5 Å². The predicted molar refractivity (Wildman–Crippen MR) is 68.8 cm³/mol. The molecule has 0 aliphatic rings. The van der Waals surface area contributed by atoms with Crippen molar-refractivity contribution in [2.45, 2.75) is 25.3 Å². The van der Waals surface area contributed by atoms with Crippen LogP contribution in [0.25, 0.3) is 0 Å². The molecule has 0 saturated carbocycles. The number of halogens is 1. The zero-order valence-corrected chi connectivity index (χ0v) is 10.6. The van der Waals surface area contributed by atoms with Crippen LogP contribution in [0.3, 0.4) is 0 Å². The Balaban J connectivity index is 0.00000256. The first-order valence-electron chi connectivity index (χ1n) is 5.22. The van der Waals surface area contributed by atoms with Gasteiger partial charge in [0.05, 0.1) is 13.5 Å². The molecule has 0 fully saturated rings. The molecule has 0 aliphatic heterocycles. The lowest BCUT2D eigenvalue weighted by molar-refractivity contribution is -0.137. The average Bonchev–Trinajstić information content (AvgIpc) is 2.26. The van der Waals surface area contributed by atoms with Crippen molar-refractivity contribution in [2.75, 3.05) is 7.11 Å². The third-order valence-electron chi connectivity index (χ3n) is 2.41. The number of carboxylic acid groups (broad SMARTS) is 1. The average molecular weight is 260 g/mol. The minimum atomic E-state index is -0.854. The summed E-state index contributed by atoms with van der Waals surface area (Å²) in [4.78, 5) is 10.4. The maximum absolute atomic E-state index is 10.4. The van der Waals surface area contributed by atoms with Gasteiger partial charge >= 0.3 is 5.97 Å². The van der Waals surface area contributed by atoms with E-state index in [1.54, 1.807) is 7.11 Å². The van der Waals surface area contributed by atoms with Gasteiger partial charge in [0, 0.05) is 6.04 Å². The second-order valence-corrected chi connectivity index (χ2v) is 3.71. The number of para-hydroxylation sites is 1. The number of aliphatic carboxylic acids is 1. The molecule has 4 nitrogen and oxygen atoms in total. The van der Waals surface area contributed by atoms with E-state index in [1.165, 1.54) is 0 Å². The van der Waals surface area contributed by atoms with Gasteiger partial charge in [-0.3, -0.25) is 4.79 Å². The number of ether oxygens (including phenoxy) is 1. The van der Waals surface area contributed by atoms with Crippen molar-refractivity contribution >= 4 is 18.4 Å². The first-order chi connectivity index (χ1) is 7.63. The Labute approximate surface area is 107 Å². The number of nitrogens with two attached hydrogens (primary N) is 1. The Kier molecular flexibility index (Phi) is 7.34. The highest BCUT2D eigenvalue weighted by molar-refractivity contribution is 5.85. The van der Waals surface area contributed by atoms with E-state index in [1.807, 2.05) is 24.3 Å². The fraction of sp³-hybridized carbons (Fsp3) is 0.417. The van der Waals surface area contributed by atoms with Crippen LogP contribution in [0.4, 0.5) is 0 Å². The number of aryl methyl sites for hydroxylation is 1. The minimum Gasteiger partial charge on any atom is -0.496 e. The summed E-state index contributed by atoms with van der Waals surface area (Å²) in [5.74, 6) is -0.0300. The number of carbonyl (C=O) groups is 1. The standard InChI is InChI=1S/C12H17NO3.ClH/c1-16-11-5-3-2-4-9(11)6-7-10(13)8-12(14)15;/h2-5,10H,6-8,13H2,1H3,(H,14,15);1H. The molecule has 17 heavy (non-hydrogen) atoms. The van der Waals surface area contributed by atoms with Gasteiger partial charge < -0.3 is 15.6 Å². The highest BCUT2D eigenvalue weighted by atomic mass is 35.5. The van der Waals surface area contributed by atoms with E-state index in [-0.39, 0.29) is 24.9 Å². The highest BCUT2D eigenvalue weighted by Gasteiger charge is 2.09. The number of hydrogen-bond acceptors (Lipinski definition) is 3. The van der Waals surface area contributed by atoms with E-state index in [2.05, 4.69) is 0 Å². The summed E-state index contributed by atoms with van der Waals surface area (Å²) < 4.78 is 5.20. The van der Waals surface area contributed by atoms with Crippen molar-refractivity contribution in [3.05, 3.63) is 29.8 Å². The predicted octanol–water partition coefficient (Wildman–Crippen LogP) is 1.85. The van der Waals surface area contributed by atoms with Gasteiger partial charge in [-0.15, -0.1) is 12.4 Å². The fourth-order valence-electron chi connectivity index (χ4n) is 1.58. The molecular formula is C12H18ClNO3. The molecule has 5 heteroatoms. The quantitative estimate of drug-likeness (QED) is 0.818. The lowest BCUT2D eigenvalue weighted by Gasteiger charge is -2.11. The summed E-state index contributed by atoms with van der Waals surface area (Å²) in [5, 5.41) is 8.58. The lowest BCUT2D eigenvalue weighted by Crippen LogP contribution is -2.24. The maximum Gasteiger partial charge on any atom is 0.304 e. The molecule has 0 aliphatic carbocycles. The van der Waals surface area contributed by atoms with Crippen LogP contribution in [0.15, 0.2) is 24.3 Å². The van der Waals surface area contributed by atoms with E-state index >= 15 is 0 Å². The molecule has 0 aromatic heterocycles. The zero-order valence-electron chi connectivity index (χ0n) is 9.76. The number of methoxy groups -OCH3 is 1. The van der Waals surface area contributed by atoms with Gasteiger partial charge in [0.2, 0.25) is 0 Å². The molecule has 0 spiro atoms. The molecule has 1 aromatic carbocycles. The van der Waals surface area contributed by atoms with Crippen molar-refractivity contribution in [1.29, 1.82) is 0 Å². The molecule has 0 radical (unpaired) electrons. The molecule has 0 saturated heterocycles. The van der Waals surface area contributed by atoms with Gasteiger partial charge in [-0.2, -0.15) is 0 Å². The molecule has 0 amide bonds. The van der Waals surface area contributed by atoms with Crippen molar-refractivity contribution in [2.24, 2.45) is 5.73 Å². The first kappa shape index (κ1) is 15.7. The van der Waals surface area contributed by atoms with Gasteiger partial charge in [-0.1, -0.05) is 18.2 Å². The molecule has 0 heterocycles. The molecule has 1 unspecified atom stereocenters. The smallest absolute Gasteiger partial charge is 0.304 e. The number of benzene rings is 1. The van der Waals surface area contributed by atoms with Gasteiger partial charge in [0.15, 0.2) is 0 Å². The topological polar surface area (TPSA) is 72.5 Å². The van der Waals surface area contributed by atoms with E-state index in [0.29, 0.717) is 6.42 Å². The summed E-state index contributed by atoms with van der Waals surface area (Å²) in [6, 6.07) is 7.38. The summed E-state index contributed by atoms with van der Waals surface area (Å²) >= 11 is 0. The van der Waals surface area contributed by atoms with Gasteiger partial charge in [0.1, 0.15) is 5.75 Å². The van der Waals surface area contributed by atoms with Gasteiger partial charge in [0.25, 0.3) is 0 Å². The van der Waals surface area contributed by atoms with E-state index in [0.717, 1.165) is 17.7 Å². The Bertz CT molecular complexity index is 357. The molecule has 0 bridgehead atoms. The largest absolute Gasteiger partial charge is 0.496 e. The van der Waals surface area contributed by atoms with E-state index < -0.39 is 5.97 Å². The monoisotopic (exact) mass is 259 g/mol. The summed E-state index contributed by atoms with van der Waals surface area (Å²) in [5.41, 5.74) is 6.75. The Hall–Kier alpha value is -1.26. The molecule has 1 atom stereocenters. The number of hydrogen-bond donors (Lipinski definition) is 2. The highest BCUT2D eigenvalue weighted by Crippen LogP contribution is 2.19.